The van der Waals surface area contributed by atoms with Crippen molar-refractivity contribution in [1.29, 1.82) is 0 Å². The summed E-state index contributed by atoms with van der Waals surface area (Å²) in [6.45, 7) is 19.2. The molecule has 0 aliphatic heterocycles. The van der Waals surface area contributed by atoms with Crippen molar-refractivity contribution in [2.75, 3.05) is 101 Å². The van der Waals surface area contributed by atoms with Crippen molar-refractivity contribution in [2.24, 2.45) is 0 Å². The summed E-state index contributed by atoms with van der Waals surface area (Å²) >= 11 is 0. The molecule has 0 spiro atoms. The normalized spacial score (nSPS) is 12.7. The van der Waals surface area contributed by atoms with Gasteiger partial charge in [-0.25, -0.2) is 0 Å². The third kappa shape index (κ3) is 42.5. The van der Waals surface area contributed by atoms with Crippen LogP contribution >= 0.6 is 0 Å². The lowest BCUT2D eigenvalue weighted by atomic mass is 10.1. The highest BCUT2D eigenvalue weighted by Crippen LogP contribution is 2.16. The van der Waals surface area contributed by atoms with Crippen LogP contribution in [0, 0.1) is 0 Å². The lowest BCUT2D eigenvalue weighted by Gasteiger charge is -2.30. The number of unbranched alkanes of at least 4 members (excludes halogenated alkanes) is 30. The molecular weight excluding hydrogens is 705 g/mol. The van der Waals surface area contributed by atoms with E-state index in [0.29, 0.717) is 0 Å². The molecule has 0 aromatic rings. The van der Waals surface area contributed by atoms with Crippen LogP contribution in [0.25, 0.3) is 0 Å². The highest BCUT2D eigenvalue weighted by molar-refractivity contribution is 4.61. The Balaban J connectivity index is 4.45. The number of hydrogen-bond donors (Lipinski definition) is 0. The Bertz CT molecular complexity index is 702. The van der Waals surface area contributed by atoms with Gasteiger partial charge in [0.15, 0.2) is 0 Å². The number of hydrogen-bond acceptors (Lipinski definition) is 1. The molecule has 4 nitrogen and oxygen atoms in total. The summed E-state index contributed by atoms with van der Waals surface area (Å²) in [6.07, 6.45) is 51.4. The maximum Gasteiger partial charge on any atom is 0.0782 e. The first kappa shape index (κ1) is 57.8. The molecule has 0 atom stereocenters. The zero-order valence-corrected chi connectivity index (χ0v) is 42.6. The topological polar surface area (TPSA) is 3.24 Å². The molecule has 0 aliphatic rings. The lowest BCUT2D eigenvalue weighted by Crippen LogP contribution is -2.41. The van der Waals surface area contributed by atoms with Crippen LogP contribution in [0.1, 0.15) is 252 Å². The Morgan fingerprint density at radius 3 is 0.552 bits per heavy atom. The fourth-order valence-electron chi connectivity index (χ4n) is 9.38. The molecule has 0 aliphatic carbocycles. The van der Waals surface area contributed by atoms with E-state index in [4.69, 9.17) is 0 Å². The Hall–Kier alpha value is -0.160. The first-order valence-electron chi connectivity index (χ1n) is 27.2. The van der Waals surface area contributed by atoms with Gasteiger partial charge in [-0.05, 0) is 116 Å². The van der Waals surface area contributed by atoms with Gasteiger partial charge in [-0.3, -0.25) is 0 Å². The second kappa shape index (κ2) is 40.9. The largest absolute Gasteiger partial charge is 0.328 e. The van der Waals surface area contributed by atoms with Crippen molar-refractivity contribution in [3.8, 4) is 0 Å². The van der Waals surface area contributed by atoms with Gasteiger partial charge in [-0.1, -0.05) is 156 Å². The average molecular weight is 823 g/mol. The van der Waals surface area contributed by atoms with E-state index in [-0.39, 0.29) is 0 Å². The molecule has 58 heavy (non-hydrogen) atoms. The van der Waals surface area contributed by atoms with E-state index < -0.39 is 0 Å². The molecule has 0 aromatic heterocycles. The van der Waals surface area contributed by atoms with E-state index in [9.17, 15) is 0 Å². The van der Waals surface area contributed by atoms with Crippen LogP contribution in [-0.2, 0) is 0 Å². The van der Waals surface area contributed by atoms with E-state index in [1.165, 1.54) is 304 Å². The van der Waals surface area contributed by atoms with Crippen LogP contribution < -0.4 is 0 Å². The molecule has 4 heteroatoms. The van der Waals surface area contributed by atoms with Gasteiger partial charge in [0, 0.05) is 0 Å². The molecule has 0 N–H and O–H groups in total. The second-order valence-corrected chi connectivity index (χ2v) is 21.7. The predicted octanol–water partition coefficient (Wildman–Crippen LogP) is 15.6. The summed E-state index contributed by atoms with van der Waals surface area (Å²) < 4.78 is 3.69. The van der Waals surface area contributed by atoms with Gasteiger partial charge in [0.1, 0.15) is 0 Å². The van der Waals surface area contributed by atoms with Gasteiger partial charge in [0.2, 0.25) is 0 Å². The van der Waals surface area contributed by atoms with E-state index in [1.54, 1.807) is 0 Å². The Morgan fingerprint density at radius 1 is 0.207 bits per heavy atom. The minimum atomic E-state index is 1.23. The molecular formula is C54H117N4+3. The monoisotopic (exact) mass is 822 g/mol. The summed E-state index contributed by atoms with van der Waals surface area (Å²) in [6, 6.07) is 0. The van der Waals surface area contributed by atoms with Crippen LogP contribution in [0.4, 0.5) is 0 Å². The summed E-state index contributed by atoms with van der Waals surface area (Å²) in [4.78, 5) is 2.88. The molecule has 0 saturated heterocycles. The van der Waals surface area contributed by atoms with Crippen molar-refractivity contribution in [1.82, 2.24) is 4.90 Å². The molecule has 0 fully saturated rings. The Labute approximate surface area is 370 Å². The standard InChI is InChI=1S/C54H117N4/c1-10-13-16-19-22-25-31-40-49-56(4,5)52-43-34-28-37-46-55(47-38-29-35-44-53-57(6,7)50-41-32-26-23-20-17-14-11-2)48-39-30-36-45-54-58(8,9)51-42-33-27-24-21-18-15-12-3/h10-54H2,1-9H3/q+3. The first-order valence-corrected chi connectivity index (χ1v) is 27.2. The summed E-state index contributed by atoms with van der Waals surface area (Å²) in [7, 11) is 14.9. The first-order chi connectivity index (χ1) is 28.0. The summed E-state index contributed by atoms with van der Waals surface area (Å²) in [5.41, 5.74) is 0. The number of nitrogens with zero attached hydrogens (tertiary/aromatic N) is 4. The fourth-order valence-corrected chi connectivity index (χ4v) is 9.38. The average Bonchev–Trinajstić information content (AvgIpc) is 3.18. The fraction of sp³-hybridized carbons (Fsp3) is 1.00. The Morgan fingerprint density at radius 2 is 0.362 bits per heavy atom. The zero-order valence-electron chi connectivity index (χ0n) is 42.6. The zero-order chi connectivity index (χ0) is 42.9. The maximum absolute atomic E-state index is 2.88. The van der Waals surface area contributed by atoms with Crippen LogP contribution in [0.2, 0.25) is 0 Å². The van der Waals surface area contributed by atoms with Crippen molar-refractivity contribution < 1.29 is 13.4 Å². The molecule has 0 unspecified atom stereocenters. The highest BCUT2D eigenvalue weighted by atomic mass is 15.3. The third-order valence-corrected chi connectivity index (χ3v) is 13.8. The summed E-state index contributed by atoms with van der Waals surface area (Å²) in [5.74, 6) is 0. The highest BCUT2D eigenvalue weighted by Gasteiger charge is 2.16. The lowest BCUT2D eigenvalue weighted by molar-refractivity contribution is -0.890. The molecule has 350 valence electrons. The number of rotatable bonds is 48. The van der Waals surface area contributed by atoms with Gasteiger partial charge in [-0.15, -0.1) is 0 Å². The van der Waals surface area contributed by atoms with Crippen LogP contribution in [0.15, 0.2) is 0 Å². The second-order valence-electron chi connectivity index (χ2n) is 21.7. The summed E-state index contributed by atoms with van der Waals surface area (Å²) in [5, 5.41) is 0. The van der Waals surface area contributed by atoms with Gasteiger partial charge in [0.05, 0.1) is 81.6 Å². The van der Waals surface area contributed by atoms with Crippen molar-refractivity contribution in [2.45, 2.75) is 252 Å². The quantitative estimate of drug-likeness (QED) is 0.0437. The molecule has 0 heterocycles. The van der Waals surface area contributed by atoms with Crippen molar-refractivity contribution in [3.63, 3.8) is 0 Å². The minimum Gasteiger partial charge on any atom is -0.328 e. The van der Waals surface area contributed by atoms with Gasteiger partial charge in [0.25, 0.3) is 0 Å². The predicted molar refractivity (Wildman–Crippen MR) is 265 cm³/mol. The van der Waals surface area contributed by atoms with Crippen molar-refractivity contribution in [3.05, 3.63) is 0 Å². The van der Waals surface area contributed by atoms with E-state index >= 15 is 0 Å². The van der Waals surface area contributed by atoms with E-state index in [0.717, 1.165) is 0 Å². The molecule has 0 saturated carbocycles. The van der Waals surface area contributed by atoms with Crippen LogP contribution in [0.5, 0.6) is 0 Å². The minimum absolute atomic E-state index is 1.23. The molecule has 0 amide bonds. The van der Waals surface area contributed by atoms with E-state index in [1.807, 2.05) is 0 Å². The van der Waals surface area contributed by atoms with Gasteiger partial charge < -0.3 is 18.3 Å². The van der Waals surface area contributed by atoms with Crippen molar-refractivity contribution >= 4 is 0 Å². The van der Waals surface area contributed by atoms with Gasteiger partial charge >= 0.3 is 0 Å². The van der Waals surface area contributed by atoms with Gasteiger partial charge in [-0.2, -0.15) is 0 Å². The van der Waals surface area contributed by atoms with Crippen LogP contribution in [-0.4, -0.2) is 120 Å². The third-order valence-electron chi connectivity index (χ3n) is 13.8. The number of quaternary nitrogens is 3. The SMILES string of the molecule is CCCCCCCCCC[N+](C)(C)CCCCCCN(CCCCCC[N+](C)(C)CCCCCCCCCC)CCCCCC[N+](C)(C)CCCCCCCCCC. The Kier molecular flexibility index (Phi) is 40.8. The smallest absolute Gasteiger partial charge is 0.0782 e. The van der Waals surface area contributed by atoms with Crippen LogP contribution in [0.3, 0.4) is 0 Å². The molecule has 0 radical (unpaired) electrons. The molecule has 0 aromatic carbocycles. The van der Waals surface area contributed by atoms with E-state index in [2.05, 4.69) is 68.0 Å². The maximum atomic E-state index is 2.88. The molecule has 0 bridgehead atoms. The molecule has 0 rings (SSSR count).